The van der Waals surface area contributed by atoms with Gasteiger partial charge in [0.15, 0.2) is 12.1 Å². The van der Waals surface area contributed by atoms with E-state index < -0.39 is 29.8 Å². The highest BCUT2D eigenvalue weighted by molar-refractivity contribution is 6.31. The maximum Gasteiger partial charge on any atom is 0.263 e. The normalized spacial score (nSPS) is 20.2. The predicted molar refractivity (Wildman–Crippen MR) is 105 cm³/mol. The zero-order valence-corrected chi connectivity index (χ0v) is 16.0. The summed E-state index contributed by atoms with van der Waals surface area (Å²) in [6, 6.07) is 11.3. The van der Waals surface area contributed by atoms with E-state index in [-0.39, 0.29) is 6.54 Å². The third-order valence-corrected chi connectivity index (χ3v) is 4.82. The molecule has 0 spiro atoms. The Morgan fingerprint density at radius 3 is 2.72 bits per heavy atom. The van der Waals surface area contributed by atoms with Crippen LogP contribution in [0.4, 0.5) is 11.4 Å². The summed E-state index contributed by atoms with van der Waals surface area (Å²) in [5.74, 6) is -0.806. The van der Waals surface area contributed by atoms with Gasteiger partial charge in [0.1, 0.15) is 12.3 Å². The van der Waals surface area contributed by atoms with Gasteiger partial charge in [-0.2, -0.15) is 5.11 Å². The molecular formula is C19H16ClN5O4. The Bertz CT molecular complexity index is 1030. The molecule has 2 aromatic rings. The van der Waals surface area contributed by atoms with Crippen molar-refractivity contribution in [3.05, 3.63) is 53.6 Å². The average molecular weight is 414 g/mol. The Balaban J connectivity index is 1.48. The molecule has 10 heteroatoms. The SMILES string of the molecule is COc1cccc(NC(=O)CN2N=N[C@@H]3C(=O)N(c4cccc(Cl)c4)C(=O)[C@H]32)c1. The largest absolute Gasteiger partial charge is 0.497 e. The maximum absolute atomic E-state index is 12.9. The first-order valence-corrected chi connectivity index (χ1v) is 9.10. The summed E-state index contributed by atoms with van der Waals surface area (Å²) in [6.07, 6.45) is 0. The molecule has 4 rings (SSSR count). The van der Waals surface area contributed by atoms with Crippen molar-refractivity contribution in [1.29, 1.82) is 0 Å². The van der Waals surface area contributed by atoms with E-state index in [9.17, 15) is 14.4 Å². The number of anilines is 2. The van der Waals surface area contributed by atoms with Gasteiger partial charge in [-0.25, -0.2) is 4.90 Å². The smallest absolute Gasteiger partial charge is 0.263 e. The molecule has 0 aliphatic carbocycles. The summed E-state index contributed by atoms with van der Waals surface area (Å²) in [5, 5.41) is 12.1. The van der Waals surface area contributed by atoms with Crippen LogP contribution in [0.3, 0.4) is 0 Å². The molecule has 1 N–H and O–H groups in total. The number of halogens is 1. The number of carbonyl (C=O) groups is 3. The van der Waals surface area contributed by atoms with Crippen LogP contribution in [-0.4, -0.2) is 48.5 Å². The Kier molecular flexibility index (Phi) is 4.89. The molecule has 9 nitrogen and oxygen atoms in total. The molecule has 1 fully saturated rings. The number of nitrogens with one attached hydrogen (secondary N) is 1. The maximum atomic E-state index is 12.9. The van der Waals surface area contributed by atoms with E-state index in [1.807, 2.05) is 0 Å². The molecule has 0 radical (unpaired) electrons. The molecule has 2 atom stereocenters. The lowest BCUT2D eigenvalue weighted by Crippen LogP contribution is -2.43. The number of hydrogen-bond acceptors (Lipinski definition) is 7. The van der Waals surface area contributed by atoms with Crippen LogP contribution < -0.4 is 15.0 Å². The van der Waals surface area contributed by atoms with Gasteiger partial charge in [0, 0.05) is 16.8 Å². The minimum Gasteiger partial charge on any atom is -0.497 e. The zero-order chi connectivity index (χ0) is 20.5. The number of rotatable bonds is 5. The second-order valence-corrected chi connectivity index (χ2v) is 6.90. The minimum atomic E-state index is -0.980. The second kappa shape index (κ2) is 7.51. The molecule has 0 saturated carbocycles. The van der Waals surface area contributed by atoms with Crippen LogP contribution in [-0.2, 0) is 14.4 Å². The summed E-state index contributed by atoms with van der Waals surface area (Å²) in [4.78, 5) is 39.0. The van der Waals surface area contributed by atoms with Gasteiger partial charge >= 0.3 is 0 Å². The number of nitrogens with zero attached hydrogens (tertiary/aromatic N) is 4. The molecule has 148 valence electrons. The van der Waals surface area contributed by atoms with Crippen molar-refractivity contribution in [2.24, 2.45) is 10.3 Å². The molecule has 2 aromatic carbocycles. The highest BCUT2D eigenvalue weighted by Crippen LogP contribution is 2.32. The van der Waals surface area contributed by atoms with Gasteiger partial charge in [-0.05, 0) is 30.3 Å². The quantitative estimate of drug-likeness (QED) is 0.757. The molecule has 1 saturated heterocycles. The van der Waals surface area contributed by atoms with Crippen molar-refractivity contribution >= 4 is 40.7 Å². The van der Waals surface area contributed by atoms with Crippen LogP contribution in [0.1, 0.15) is 0 Å². The van der Waals surface area contributed by atoms with Crippen molar-refractivity contribution in [3.8, 4) is 5.75 Å². The van der Waals surface area contributed by atoms with Crippen molar-refractivity contribution in [2.45, 2.75) is 12.1 Å². The fourth-order valence-electron chi connectivity index (χ4n) is 3.27. The fourth-order valence-corrected chi connectivity index (χ4v) is 3.46. The lowest BCUT2D eigenvalue weighted by atomic mass is 10.1. The number of ether oxygens (including phenoxy) is 1. The fraction of sp³-hybridized carbons (Fsp3) is 0.211. The molecule has 2 aliphatic rings. The zero-order valence-electron chi connectivity index (χ0n) is 15.3. The summed E-state index contributed by atoms with van der Waals surface area (Å²) < 4.78 is 5.12. The van der Waals surface area contributed by atoms with E-state index in [0.717, 1.165) is 4.90 Å². The number of hydrogen-bond donors (Lipinski definition) is 1. The molecule has 29 heavy (non-hydrogen) atoms. The molecule has 2 aliphatic heterocycles. The summed E-state index contributed by atoms with van der Waals surface area (Å²) >= 11 is 5.97. The second-order valence-electron chi connectivity index (χ2n) is 6.46. The van der Waals surface area contributed by atoms with Crippen LogP contribution in [0.25, 0.3) is 0 Å². The number of methoxy groups -OCH3 is 1. The van der Waals surface area contributed by atoms with Crippen LogP contribution in [0.15, 0.2) is 58.9 Å². The summed E-state index contributed by atoms with van der Waals surface area (Å²) in [6.45, 7) is -0.232. The Morgan fingerprint density at radius 2 is 1.97 bits per heavy atom. The lowest BCUT2D eigenvalue weighted by molar-refractivity contribution is -0.123. The Hall–Kier alpha value is -3.46. The van der Waals surface area contributed by atoms with Gasteiger partial charge in [0.2, 0.25) is 5.91 Å². The topological polar surface area (TPSA) is 104 Å². The highest BCUT2D eigenvalue weighted by atomic mass is 35.5. The first-order valence-electron chi connectivity index (χ1n) is 8.72. The number of fused-ring (bicyclic) bond motifs is 1. The van der Waals surface area contributed by atoms with Gasteiger partial charge in [-0.1, -0.05) is 29.0 Å². The first-order chi connectivity index (χ1) is 14.0. The third kappa shape index (κ3) is 3.52. The number of imide groups is 1. The average Bonchev–Trinajstić information content (AvgIpc) is 3.21. The van der Waals surface area contributed by atoms with Crippen LogP contribution >= 0.6 is 11.6 Å². The number of amides is 3. The predicted octanol–water partition coefficient (Wildman–Crippen LogP) is 2.28. The van der Waals surface area contributed by atoms with E-state index in [0.29, 0.717) is 22.1 Å². The van der Waals surface area contributed by atoms with Crippen LogP contribution in [0.5, 0.6) is 5.75 Å². The van der Waals surface area contributed by atoms with Crippen molar-refractivity contribution < 1.29 is 19.1 Å². The van der Waals surface area contributed by atoms with E-state index in [4.69, 9.17) is 16.3 Å². The molecule has 2 heterocycles. The number of carbonyl (C=O) groups excluding carboxylic acids is 3. The van der Waals surface area contributed by atoms with Crippen molar-refractivity contribution in [2.75, 3.05) is 23.9 Å². The van der Waals surface area contributed by atoms with Crippen LogP contribution in [0.2, 0.25) is 5.02 Å². The van der Waals surface area contributed by atoms with Crippen molar-refractivity contribution in [3.63, 3.8) is 0 Å². The molecule has 3 amide bonds. The van der Waals surface area contributed by atoms with E-state index in [1.54, 1.807) is 42.5 Å². The minimum absolute atomic E-state index is 0.232. The highest BCUT2D eigenvalue weighted by Gasteiger charge is 2.55. The Labute approximate surface area is 170 Å². The number of benzene rings is 2. The van der Waals surface area contributed by atoms with Gasteiger partial charge in [0.05, 0.1) is 12.8 Å². The van der Waals surface area contributed by atoms with E-state index >= 15 is 0 Å². The van der Waals surface area contributed by atoms with Gasteiger partial charge in [0.25, 0.3) is 11.8 Å². The third-order valence-electron chi connectivity index (χ3n) is 4.58. The first kappa shape index (κ1) is 18.9. The standard InChI is InChI=1S/C19H16ClN5O4/c1-29-14-7-3-5-12(9-14)21-15(26)10-24-17-16(22-23-24)18(27)25(19(17)28)13-6-2-4-11(20)8-13/h2-9,16-17H,10H2,1H3,(H,21,26)/t16-,17-/m0/s1. The van der Waals surface area contributed by atoms with Gasteiger partial charge < -0.3 is 10.1 Å². The van der Waals surface area contributed by atoms with E-state index in [1.165, 1.54) is 18.2 Å². The molecular weight excluding hydrogens is 398 g/mol. The molecule has 0 aromatic heterocycles. The molecule has 0 unspecified atom stereocenters. The van der Waals surface area contributed by atoms with E-state index in [2.05, 4.69) is 15.7 Å². The van der Waals surface area contributed by atoms with Gasteiger partial charge in [-0.15, -0.1) is 0 Å². The van der Waals surface area contributed by atoms with Gasteiger partial charge in [-0.3, -0.25) is 19.4 Å². The summed E-state index contributed by atoms with van der Waals surface area (Å²) in [5.41, 5.74) is 0.897. The monoisotopic (exact) mass is 413 g/mol. The van der Waals surface area contributed by atoms with Crippen LogP contribution in [0, 0.1) is 0 Å². The Morgan fingerprint density at radius 1 is 1.17 bits per heavy atom. The summed E-state index contributed by atoms with van der Waals surface area (Å²) in [7, 11) is 1.53. The molecule has 0 bridgehead atoms. The lowest BCUT2D eigenvalue weighted by Gasteiger charge is -2.20. The van der Waals surface area contributed by atoms with Crippen molar-refractivity contribution in [1.82, 2.24) is 5.01 Å².